The Hall–Kier alpha value is -0.0800. The molecule has 3 atom stereocenters. The Balaban J connectivity index is 2.35. The third-order valence-electron chi connectivity index (χ3n) is 2.04. The summed E-state index contributed by atoms with van der Waals surface area (Å²) in [7, 11) is 0. The molecule has 1 fully saturated rings. The Morgan fingerprint density at radius 2 is 2.11 bits per heavy atom. The Kier molecular flexibility index (Phi) is 2.09. The van der Waals surface area contributed by atoms with Gasteiger partial charge in [-0.1, -0.05) is 6.92 Å². The lowest BCUT2D eigenvalue weighted by Gasteiger charge is -2.29. The molecule has 1 rings (SSSR count). The lowest BCUT2D eigenvalue weighted by atomic mass is 9.94. The van der Waals surface area contributed by atoms with Crippen molar-refractivity contribution in [2.75, 3.05) is 6.54 Å². The summed E-state index contributed by atoms with van der Waals surface area (Å²) in [6.45, 7) is 5.14. The van der Waals surface area contributed by atoms with Crippen molar-refractivity contribution >= 4 is 0 Å². The van der Waals surface area contributed by atoms with Crippen LogP contribution in [0.2, 0.25) is 0 Å². The van der Waals surface area contributed by atoms with Gasteiger partial charge < -0.3 is 10.4 Å². The third kappa shape index (κ3) is 1.66. The highest BCUT2D eigenvalue weighted by Gasteiger charge is 2.22. The standard InChI is InChI=1S/C7H15NO/c1-5-4-8-6(2)3-7(5)9/h5-9H,3-4H2,1-2H3. The first-order valence-electron chi connectivity index (χ1n) is 3.61. The van der Waals surface area contributed by atoms with E-state index >= 15 is 0 Å². The van der Waals surface area contributed by atoms with Crippen LogP contribution in [0, 0.1) is 5.92 Å². The number of piperidine rings is 1. The number of aliphatic hydroxyl groups is 1. The largest absolute Gasteiger partial charge is 0.393 e. The van der Waals surface area contributed by atoms with Crippen molar-refractivity contribution in [1.82, 2.24) is 5.32 Å². The number of hydrogen-bond acceptors (Lipinski definition) is 2. The highest BCUT2D eigenvalue weighted by atomic mass is 16.3. The van der Waals surface area contributed by atoms with Crippen molar-refractivity contribution < 1.29 is 5.11 Å². The molecule has 1 aliphatic heterocycles. The van der Waals surface area contributed by atoms with E-state index in [0.29, 0.717) is 12.0 Å². The molecule has 0 aliphatic carbocycles. The van der Waals surface area contributed by atoms with Gasteiger partial charge in [-0.05, 0) is 19.3 Å². The van der Waals surface area contributed by atoms with Crippen molar-refractivity contribution in [1.29, 1.82) is 0 Å². The number of hydrogen-bond donors (Lipinski definition) is 2. The van der Waals surface area contributed by atoms with Gasteiger partial charge in [-0.3, -0.25) is 0 Å². The van der Waals surface area contributed by atoms with E-state index in [1.807, 2.05) is 0 Å². The van der Waals surface area contributed by atoms with Gasteiger partial charge in [-0.2, -0.15) is 0 Å². The molecule has 1 saturated heterocycles. The molecule has 1 heterocycles. The minimum atomic E-state index is -0.0822. The van der Waals surface area contributed by atoms with Crippen LogP contribution in [-0.2, 0) is 0 Å². The van der Waals surface area contributed by atoms with Crippen LogP contribution < -0.4 is 5.32 Å². The molecule has 0 spiro atoms. The molecular formula is C7H15NO. The summed E-state index contributed by atoms with van der Waals surface area (Å²) in [5.74, 6) is 0.432. The molecule has 0 aromatic heterocycles. The molecule has 0 saturated carbocycles. The monoisotopic (exact) mass is 129 g/mol. The van der Waals surface area contributed by atoms with Crippen LogP contribution in [-0.4, -0.2) is 23.8 Å². The van der Waals surface area contributed by atoms with Gasteiger partial charge >= 0.3 is 0 Å². The molecule has 2 N–H and O–H groups in total. The van der Waals surface area contributed by atoms with Gasteiger partial charge in [0.1, 0.15) is 0 Å². The minimum Gasteiger partial charge on any atom is -0.393 e. The predicted molar refractivity (Wildman–Crippen MR) is 37.3 cm³/mol. The topological polar surface area (TPSA) is 32.3 Å². The van der Waals surface area contributed by atoms with E-state index in [-0.39, 0.29) is 6.10 Å². The van der Waals surface area contributed by atoms with Gasteiger partial charge in [0, 0.05) is 12.6 Å². The lowest BCUT2D eigenvalue weighted by molar-refractivity contribution is 0.0725. The average molecular weight is 129 g/mol. The summed E-state index contributed by atoms with van der Waals surface area (Å²) in [5.41, 5.74) is 0. The number of aliphatic hydroxyl groups excluding tert-OH is 1. The van der Waals surface area contributed by atoms with E-state index in [0.717, 1.165) is 13.0 Å². The highest BCUT2D eigenvalue weighted by molar-refractivity contribution is 4.78. The zero-order valence-corrected chi connectivity index (χ0v) is 6.09. The lowest BCUT2D eigenvalue weighted by Crippen LogP contribution is -2.43. The summed E-state index contributed by atoms with van der Waals surface area (Å²) in [5, 5.41) is 12.6. The van der Waals surface area contributed by atoms with E-state index in [1.165, 1.54) is 0 Å². The average Bonchev–Trinajstić information content (AvgIpc) is 1.80. The second kappa shape index (κ2) is 2.67. The summed E-state index contributed by atoms with van der Waals surface area (Å²) < 4.78 is 0. The molecule has 0 bridgehead atoms. The van der Waals surface area contributed by atoms with Crippen molar-refractivity contribution in [3.05, 3.63) is 0 Å². The molecule has 0 aromatic rings. The van der Waals surface area contributed by atoms with Crippen LogP contribution >= 0.6 is 0 Å². The Morgan fingerprint density at radius 3 is 2.56 bits per heavy atom. The van der Waals surface area contributed by atoms with Gasteiger partial charge in [-0.15, -0.1) is 0 Å². The van der Waals surface area contributed by atoms with Gasteiger partial charge in [0.05, 0.1) is 6.10 Å². The van der Waals surface area contributed by atoms with Gasteiger partial charge in [0.2, 0.25) is 0 Å². The quantitative estimate of drug-likeness (QED) is 0.495. The van der Waals surface area contributed by atoms with Crippen LogP contribution in [0.15, 0.2) is 0 Å². The Bertz CT molecular complexity index is 94.9. The van der Waals surface area contributed by atoms with E-state index in [2.05, 4.69) is 19.2 Å². The molecule has 0 radical (unpaired) electrons. The molecule has 9 heavy (non-hydrogen) atoms. The van der Waals surface area contributed by atoms with Crippen LogP contribution in [0.1, 0.15) is 20.3 Å². The van der Waals surface area contributed by atoms with E-state index in [9.17, 15) is 5.11 Å². The summed E-state index contributed by atoms with van der Waals surface area (Å²) in [4.78, 5) is 0. The third-order valence-corrected chi connectivity index (χ3v) is 2.04. The molecule has 54 valence electrons. The first-order valence-corrected chi connectivity index (χ1v) is 3.61. The van der Waals surface area contributed by atoms with Crippen LogP contribution in [0.4, 0.5) is 0 Å². The van der Waals surface area contributed by atoms with Crippen molar-refractivity contribution in [2.45, 2.75) is 32.4 Å². The van der Waals surface area contributed by atoms with Gasteiger partial charge in [-0.25, -0.2) is 0 Å². The van der Waals surface area contributed by atoms with Crippen molar-refractivity contribution in [3.63, 3.8) is 0 Å². The van der Waals surface area contributed by atoms with E-state index < -0.39 is 0 Å². The van der Waals surface area contributed by atoms with Gasteiger partial charge in [0.15, 0.2) is 0 Å². The zero-order valence-electron chi connectivity index (χ0n) is 6.09. The second-order valence-corrected chi connectivity index (χ2v) is 3.09. The molecule has 0 amide bonds. The highest BCUT2D eigenvalue weighted by Crippen LogP contribution is 2.13. The maximum Gasteiger partial charge on any atom is 0.0592 e. The van der Waals surface area contributed by atoms with Crippen LogP contribution in [0.5, 0.6) is 0 Å². The fraction of sp³-hybridized carbons (Fsp3) is 1.00. The summed E-state index contributed by atoms with van der Waals surface area (Å²) >= 11 is 0. The second-order valence-electron chi connectivity index (χ2n) is 3.09. The summed E-state index contributed by atoms with van der Waals surface area (Å²) in [6, 6.07) is 0.496. The SMILES string of the molecule is CC1CC(O)C(C)CN1. The van der Waals surface area contributed by atoms with Crippen LogP contribution in [0.3, 0.4) is 0 Å². The Labute approximate surface area is 56.3 Å². The smallest absolute Gasteiger partial charge is 0.0592 e. The molecule has 2 heteroatoms. The molecule has 1 aliphatic rings. The fourth-order valence-corrected chi connectivity index (χ4v) is 1.20. The minimum absolute atomic E-state index is 0.0822. The van der Waals surface area contributed by atoms with E-state index in [4.69, 9.17) is 0 Å². The summed E-state index contributed by atoms with van der Waals surface area (Å²) in [6.07, 6.45) is 0.822. The predicted octanol–water partition coefficient (Wildman–Crippen LogP) is 0.365. The van der Waals surface area contributed by atoms with Crippen molar-refractivity contribution in [2.24, 2.45) is 5.92 Å². The Morgan fingerprint density at radius 1 is 1.44 bits per heavy atom. The zero-order chi connectivity index (χ0) is 6.85. The fourth-order valence-electron chi connectivity index (χ4n) is 1.20. The molecule has 3 unspecified atom stereocenters. The van der Waals surface area contributed by atoms with Gasteiger partial charge in [0.25, 0.3) is 0 Å². The molecular weight excluding hydrogens is 114 g/mol. The number of nitrogens with one attached hydrogen (secondary N) is 1. The van der Waals surface area contributed by atoms with E-state index in [1.54, 1.807) is 0 Å². The van der Waals surface area contributed by atoms with Crippen LogP contribution in [0.25, 0.3) is 0 Å². The maximum absolute atomic E-state index is 9.31. The maximum atomic E-state index is 9.31. The molecule has 2 nitrogen and oxygen atoms in total. The normalized spacial score (nSPS) is 45.0. The first-order chi connectivity index (χ1) is 4.20. The molecule has 0 aromatic carbocycles. The first kappa shape index (κ1) is 7.03. The number of rotatable bonds is 0. The van der Waals surface area contributed by atoms with Crippen molar-refractivity contribution in [3.8, 4) is 0 Å².